The van der Waals surface area contributed by atoms with E-state index in [9.17, 15) is 9.18 Å². The third-order valence-corrected chi connectivity index (χ3v) is 6.32. The number of carbonyl (C=O) groups is 1. The van der Waals surface area contributed by atoms with Crippen molar-refractivity contribution in [3.63, 3.8) is 0 Å². The van der Waals surface area contributed by atoms with E-state index < -0.39 is 5.25 Å². The van der Waals surface area contributed by atoms with Gasteiger partial charge in [0.1, 0.15) is 11.1 Å². The lowest BCUT2D eigenvalue weighted by Gasteiger charge is -2.33. The number of hydrogen-bond donors (Lipinski definition) is 2. The molecule has 0 aliphatic carbocycles. The molecule has 3 aromatic rings. The second kappa shape index (κ2) is 8.47. The third-order valence-electron chi connectivity index (χ3n) is 5.10. The number of fused-ring (bicyclic) bond motifs is 1. The van der Waals surface area contributed by atoms with E-state index in [1.165, 1.54) is 23.9 Å². The van der Waals surface area contributed by atoms with Crippen LogP contribution in [0.4, 0.5) is 10.1 Å². The Bertz CT molecular complexity index is 1070. The summed E-state index contributed by atoms with van der Waals surface area (Å²) in [7, 11) is 0. The zero-order chi connectivity index (χ0) is 21.3. The minimum Gasteiger partial charge on any atom is -0.325 e. The summed E-state index contributed by atoms with van der Waals surface area (Å²) in [5, 5.41) is 11.7. The molecule has 2 N–H and O–H groups in total. The van der Waals surface area contributed by atoms with Gasteiger partial charge in [-0.2, -0.15) is 0 Å². The lowest BCUT2D eigenvalue weighted by atomic mass is 10.0. The summed E-state index contributed by atoms with van der Waals surface area (Å²) in [5.41, 5.74) is 7.14. The van der Waals surface area contributed by atoms with Crippen LogP contribution in [-0.2, 0) is 11.2 Å². The van der Waals surface area contributed by atoms with E-state index in [4.69, 9.17) is 0 Å². The van der Waals surface area contributed by atoms with E-state index in [0.717, 1.165) is 41.0 Å². The molecule has 2 aromatic carbocycles. The standard InChI is InChI=1S/C22H24FN5OS/c1-4-5-18-25-26-22-28(18)27-19(15-7-9-16(23)10-8-15)20(30-22)21(29)24-17-11-6-13(2)12-14(17)3/h6-12,19-20,27H,4-5H2,1-3H3,(H,24,29)/t19-,20+/m0/s1. The third kappa shape index (κ3) is 4.05. The van der Waals surface area contributed by atoms with Crippen molar-refractivity contribution in [2.45, 2.75) is 50.1 Å². The van der Waals surface area contributed by atoms with Crippen LogP contribution in [0.1, 0.15) is 41.9 Å². The number of hydrogen-bond acceptors (Lipinski definition) is 5. The van der Waals surface area contributed by atoms with Crippen molar-refractivity contribution in [1.82, 2.24) is 14.9 Å². The van der Waals surface area contributed by atoms with Gasteiger partial charge >= 0.3 is 0 Å². The fourth-order valence-electron chi connectivity index (χ4n) is 3.56. The summed E-state index contributed by atoms with van der Waals surface area (Å²) in [4.78, 5) is 13.3. The van der Waals surface area contributed by atoms with Crippen molar-refractivity contribution in [3.05, 3.63) is 70.8 Å². The molecule has 6 nitrogen and oxygen atoms in total. The smallest absolute Gasteiger partial charge is 0.240 e. The van der Waals surface area contributed by atoms with Gasteiger partial charge in [-0.1, -0.05) is 48.5 Å². The Hall–Kier alpha value is -2.87. The van der Waals surface area contributed by atoms with Gasteiger partial charge in [0.05, 0.1) is 6.04 Å². The summed E-state index contributed by atoms with van der Waals surface area (Å²) in [6, 6.07) is 11.8. The summed E-state index contributed by atoms with van der Waals surface area (Å²) in [5.74, 6) is 0.371. The highest BCUT2D eigenvalue weighted by molar-refractivity contribution is 8.00. The normalized spacial score (nSPS) is 17.9. The van der Waals surface area contributed by atoms with Crippen LogP contribution in [0.25, 0.3) is 0 Å². The Kier molecular flexibility index (Phi) is 5.76. The number of carbonyl (C=O) groups excluding carboxylic acids is 1. The minimum absolute atomic E-state index is 0.139. The van der Waals surface area contributed by atoms with Crippen molar-refractivity contribution in [2.75, 3.05) is 10.7 Å². The van der Waals surface area contributed by atoms with Gasteiger partial charge in [0.25, 0.3) is 0 Å². The number of amides is 1. The molecule has 0 radical (unpaired) electrons. The number of thioether (sulfide) groups is 1. The quantitative estimate of drug-likeness (QED) is 0.635. The SMILES string of the molecule is CCCc1nnc2n1N[C@@H](c1ccc(F)cc1)[C@H](C(=O)Nc1ccc(C)cc1C)S2. The molecule has 8 heteroatoms. The molecule has 1 amide bonds. The number of rotatable bonds is 5. The van der Waals surface area contributed by atoms with Gasteiger partial charge in [0, 0.05) is 12.1 Å². The molecule has 1 aliphatic heterocycles. The first-order valence-electron chi connectivity index (χ1n) is 9.97. The first-order valence-corrected chi connectivity index (χ1v) is 10.9. The molecule has 0 spiro atoms. The van der Waals surface area contributed by atoms with E-state index in [2.05, 4.69) is 27.9 Å². The van der Waals surface area contributed by atoms with Crippen LogP contribution >= 0.6 is 11.8 Å². The maximum Gasteiger partial charge on any atom is 0.240 e. The zero-order valence-corrected chi connectivity index (χ0v) is 18.0. The van der Waals surface area contributed by atoms with Crippen LogP contribution in [0, 0.1) is 19.7 Å². The van der Waals surface area contributed by atoms with Gasteiger partial charge in [-0.15, -0.1) is 10.2 Å². The summed E-state index contributed by atoms with van der Waals surface area (Å²) in [6.07, 6.45) is 1.71. The first-order chi connectivity index (χ1) is 14.5. The van der Waals surface area contributed by atoms with Crippen LogP contribution in [0.2, 0.25) is 0 Å². The van der Waals surface area contributed by atoms with Gasteiger partial charge in [-0.3, -0.25) is 4.79 Å². The topological polar surface area (TPSA) is 71.8 Å². The minimum atomic E-state index is -0.498. The highest BCUT2D eigenvalue weighted by Gasteiger charge is 2.37. The summed E-state index contributed by atoms with van der Waals surface area (Å²) < 4.78 is 15.3. The molecule has 0 bridgehead atoms. The predicted octanol–water partition coefficient (Wildman–Crippen LogP) is 4.38. The second-order valence-electron chi connectivity index (χ2n) is 7.49. The monoisotopic (exact) mass is 425 g/mol. The second-order valence-corrected chi connectivity index (χ2v) is 8.60. The molecule has 0 fully saturated rings. The van der Waals surface area contributed by atoms with E-state index >= 15 is 0 Å². The van der Waals surface area contributed by atoms with Gasteiger partial charge in [0.2, 0.25) is 11.1 Å². The molecule has 4 rings (SSSR count). The van der Waals surface area contributed by atoms with Gasteiger partial charge < -0.3 is 10.7 Å². The lowest BCUT2D eigenvalue weighted by Crippen LogP contribution is -2.41. The Morgan fingerprint density at radius 1 is 1.20 bits per heavy atom. The fraction of sp³-hybridized carbons (Fsp3) is 0.318. The molecule has 30 heavy (non-hydrogen) atoms. The first kappa shape index (κ1) is 20.4. The van der Waals surface area contributed by atoms with E-state index in [0.29, 0.717) is 5.16 Å². The largest absolute Gasteiger partial charge is 0.325 e. The average Bonchev–Trinajstić information content (AvgIpc) is 3.12. The van der Waals surface area contributed by atoms with Crippen LogP contribution in [0.3, 0.4) is 0 Å². The Morgan fingerprint density at radius 2 is 1.97 bits per heavy atom. The van der Waals surface area contributed by atoms with E-state index in [1.807, 2.05) is 36.7 Å². The predicted molar refractivity (Wildman–Crippen MR) is 117 cm³/mol. The number of nitrogens with one attached hydrogen (secondary N) is 2. The van der Waals surface area contributed by atoms with E-state index in [-0.39, 0.29) is 17.8 Å². The Labute approximate surface area is 179 Å². The van der Waals surface area contributed by atoms with Crippen molar-refractivity contribution >= 4 is 23.4 Å². The maximum absolute atomic E-state index is 13.5. The summed E-state index contributed by atoms with van der Waals surface area (Å²) in [6.45, 7) is 6.07. The zero-order valence-electron chi connectivity index (χ0n) is 17.1. The van der Waals surface area contributed by atoms with Crippen LogP contribution < -0.4 is 10.7 Å². The highest BCUT2D eigenvalue weighted by Crippen LogP contribution is 2.38. The molecule has 2 atom stereocenters. The van der Waals surface area contributed by atoms with Gasteiger partial charge in [-0.05, 0) is 49.6 Å². The molecule has 1 aromatic heterocycles. The lowest BCUT2D eigenvalue weighted by molar-refractivity contribution is -0.116. The van der Waals surface area contributed by atoms with Crippen LogP contribution in [0.15, 0.2) is 47.6 Å². The number of nitrogens with zero attached hydrogens (tertiary/aromatic N) is 3. The Balaban J connectivity index is 1.67. The average molecular weight is 426 g/mol. The van der Waals surface area contributed by atoms with Gasteiger partial charge in [0.15, 0.2) is 5.82 Å². The van der Waals surface area contributed by atoms with Crippen LogP contribution in [-0.4, -0.2) is 26.0 Å². The van der Waals surface area contributed by atoms with Crippen molar-refractivity contribution in [1.29, 1.82) is 0 Å². The molecule has 1 aliphatic rings. The molecular weight excluding hydrogens is 401 g/mol. The maximum atomic E-state index is 13.5. The van der Waals surface area contributed by atoms with E-state index in [1.54, 1.807) is 12.1 Å². The number of anilines is 1. The molecule has 0 saturated heterocycles. The number of halogens is 1. The van der Waals surface area contributed by atoms with Crippen LogP contribution in [0.5, 0.6) is 0 Å². The molecule has 2 heterocycles. The summed E-state index contributed by atoms with van der Waals surface area (Å²) >= 11 is 1.37. The molecule has 156 valence electrons. The Morgan fingerprint density at radius 3 is 2.67 bits per heavy atom. The van der Waals surface area contributed by atoms with Crippen molar-refractivity contribution in [3.8, 4) is 0 Å². The van der Waals surface area contributed by atoms with Crippen molar-refractivity contribution < 1.29 is 9.18 Å². The molecule has 0 unspecified atom stereocenters. The van der Waals surface area contributed by atoms with Gasteiger partial charge in [-0.25, -0.2) is 9.07 Å². The highest BCUT2D eigenvalue weighted by atomic mass is 32.2. The number of aryl methyl sites for hydroxylation is 3. The fourth-order valence-corrected chi connectivity index (χ4v) is 4.66. The van der Waals surface area contributed by atoms with Crippen molar-refractivity contribution in [2.24, 2.45) is 0 Å². The number of aromatic nitrogens is 3. The molecular formula is C22H24FN5OS. The molecule has 0 saturated carbocycles. The number of benzene rings is 2.